The highest BCUT2D eigenvalue weighted by Crippen LogP contribution is 2.53. The largest absolute Gasteiger partial charge is 0.472 e. The molecule has 3 aliphatic heterocycles. The van der Waals surface area contributed by atoms with Gasteiger partial charge in [-0.1, -0.05) is 0 Å². The number of H-pyrrole nitrogens is 3. The van der Waals surface area contributed by atoms with Gasteiger partial charge in [-0.25, -0.2) is 32.8 Å². The summed E-state index contributed by atoms with van der Waals surface area (Å²) in [5.41, 5.74) is 1.63. The number of rotatable bonds is 20. The van der Waals surface area contributed by atoms with Crippen molar-refractivity contribution in [2.24, 2.45) is 0 Å². The van der Waals surface area contributed by atoms with Gasteiger partial charge in [0.25, 0.3) is 16.7 Å². The van der Waals surface area contributed by atoms with E-state index in [-0.39, 0.29) is 34.7 Å². The topological polar surface area (TPSA) is 450 Å². The van der Waals surface area contributed by atoms with Crippen LogP contribution in [0.25, 0.3) is 11.2 Å². The van der Waals surface area contributed by atoms with Gasteiger partial charge in [0.1, 0.15) is 55.3 Å². The van der Waals surface area contributed by atoms with Gasteiger partial charge in [0, 0.05) is 57.0 Å². The molecule has 3 aliphatic rings. The van der Waals surface area contributed by atoms with Crippen molar-refractivity contribution in [3.05, 3.63) is 81.9 Å². The fourth-order valence-corrected chi connectivity index (χ4v) is 10.3. The van der Waals surface area contributed by atoms with Crippen LogP contribution in [0.15, 0.2) is 42.7 Å². The van der Waals surface area contributed by atoms with Crippen LogP contribution in [0.1, 0.15) is 49.1 Å². The first-order valence-corrected chi connectivity index (χ1v) is 26.0. The van der Waals surface area contributed by atoms with Crippen molar-refractivity contribution in [1.29, 1.82) is 0 Å². The van der Waals surface area contributed by atoms with E-state index in [1.807, 2.05) is 0 Å². The summed E-state index contributed by atoms with van der Waals surface area (Å²) in [4.78, 5) is 118. The van der Waals surface area contributed by atoms with Gasteiger partial charge >= 0.3 is 42.7 Å². The third kappa shape index (κ3) is 12.5. The van der Waals surface area contributed by atoms with Crippen LogP contribution in [0.3, 0.4) is 0 Å². The number of imidazole rings is 1. The Kier molecular flexibility index (Phi) is 15.7. The average molecular weight is 1060 g/mol. The smallest absolute Gasteiger partial charge is 0.369 e. The zero-order chi connectivity index (χ0) is 50.4. The maximum absolute atomic E-state index is 13.7. The number of fused-ring (bicyclic) bond motifs is 1. The number of nitrogens with two attached hydrogens (primary N) is 1. The van der Waals surface area contributed by atoms with Gasteiger partial charge in [0.2, 0.25) is 5.95 Å². The molecule has 4 aromatic heterocycles. The molecular weight excluding hydrogens is 1020 g/mol. The van der Waals surface area contributed by atoms with Crippen molar-refractivity contribution in [3.8, 4) is 0 Å². The molecule has 9 N–H and O–H groups in total. The summed E-state index contributed by atoms with van der Waals surface area (Å²) >= 11 is 0. The summed E-state index contributed by atoms with van der Waals surface area (Å²) in [6.45, 7) is 0.0963. The van der Waals surface area contributed by atoms with Crippen LogP contribution in [0.4, 0.5) is 5.95 Å². The molecular formula is C32H45N9O24P4. The predicted octanol–water partition coefficient (Wildman–Crippen LogP) is -0.819. The van der Waals surface area contributed by atoms with Crippen LogP contribution < -0.4 is 33.8 Å². The highest BCUT2D eigenvalue weighted by atomic mass is 31.2. The first-order valence-electron chi connectivity index (χ1n) is 20.0. The molecule has 0 spiro atoms. The maximum atomic E-state index is 13.7. The SMILES string of the molecule is COP(=O)(O)OC[C@H]1O[C@@H](n2cc(C)c(=O)[nH]c2=O)C[C@@H]1OP(=O)(O)OC[C@H]1O[C@@H](n2cnc3c(=O)[nH]c(N)nc32)C[C@@H]1OP(=O)(O)OC[C@H]1O[C@@H](n2cc(C)c(=O)[nH]c2=O)C[C@@H]1OP(=O)(O)OC. The molecule has 0 aromatic carbocycles. The second-order valence-electron chi connectivity index (χ2n) is 15.4. The van der Waals surface area contributed by atoms with Gasteiger partial charge in [0.05, 0.1) is 26.1 Å². The van der Waals surface area contributed by atoms with E-state index in [0.717, 1.165) is 42.1 Å². The molecule has 33 nitrogen and oxygen atoms in total. The van der Waals surface area contributed by atoms with Crippen molar-refractivity contribution in [2.45, 2.75) is 88.4 Å². The van der Waals surface area contributed by atoms with Gasteiger partial charge < -0.3 is 39.5 Å². The van der Waals surface area contributed by atoms with E-state index in [2.05, 4.69) is 34.0 Å². The lowest BCUT2D eigenvalue weighted by atomic mass is 10.2. The first kappa shape index (κ1) is 52.6. The molecule has 0 amide bonds. The molecule has 0 bridgehead atoms. The highest BCUT2D eigenvalue weighted by Gasteiger charge is 2.48. The fraction of sp³-hybridized carbons (Fsp3) is 0.594. The normalized spacial score (nSPS) is 28.6. The van der Waals surface area contributed by atoms with Crippen LogP contribution in [-0.4, -0.2) is 129 Å². The molecule has 7 rings (SSSR count). The van der Waals surface area contributed by atoms with Crippen molar-refractivity contribution in [2.75, 3.05) is 39.8 Å². The lowest BCUT2D eigenvalue weighted by Crippen LogP contribution is -2.33. The van der Waals surface area contributed by atoms with Crippen molar-refractivity contribution in [1.82, 2.24) is 38.6 Å². The molecule has 3 saturated heterocycles. The lowest BCUT2D eigenvalue weighted by Gasteiger charge is -2.25. The number of hydrogen-bond acceptors (Lipinski definition) is 23. The van der Waals surface area contributed by atoms with E-state index < -0.39 is 147 Å². The number of nitrogen functional groups attached to an aromatic ring is 1. The van der Waals surface area contributed by atoms with Crippen LogP contribution in [0.2, 0.25) is 0 Å². The van der Waals surface area contributed by atoms with Gasteiger partial charge in [-0.3, -0.25) is 79.2 Å². The Balaban J connectivity index is 1.10. The monoisotopic (exact) mass is 1060 g/mol. The number of phosphoric acid groups is 4. The molecule has 382 valence electrons. The average Bonchev–Trinajstić information content (AvgIpc) is 4.06. The Bertz CT molecular complexity index is 3060. The number of anilines is 1. The highest BCUT2D eigenvalue weighted by molar-refractivity contribution is 7.48. The number of nitrogens with zero attached hydrogens (tertiary/aromatic N) is 5. The van der Waals surface area contributed by atoms with Crippen molar-refractivity contribution in [3.63, 3.8) is 0 Å². The zero-order valence-corrected chi connectivity index (χ0v) is 39.8. The van der Waals surface area contributed by atoms with E-state index in [9.17, 15) is 61.8 Å². The van der Waals surface area contributed by atoms with E-state index in [0.29, 0.717) is 0 Å². The Morgan fingerprint density at radius 3 is 1.43 bits per heavy atom. The molecule has 4 aromatic rings. The lowest BCUT2D eigenvalue weighted by molar-refractivity contribution is -0.0607. The van der Waals surface area contributed by atoms with E-state index >= 15 is 0 Å². The molecule has 4 unspecified atom stereocenters. The molecule has 0 saturated carbocycles. The van der Waals surface area contributed by atoms with Gasteiger partial charge in [-0.2, -0.15) is 4.98 Å². The summed E-state index contributed by atoms with van der Waals surface area (Å²) < 4.78 is 113. The third-order valence-corrected chi connectivity index (χ3v) is 14.6. The van der Waals surface area contributed by atoms with Gasteiger partial charge in [-0.15, -0.1) is 0 Å². The molecule has 69 heavy (non-hydrogen) atoms. The fourth-order valence-electron chi connectivity index (χ4n) is 7.32. The molecule has 7 heterocycles. The van der Waals surface area contributed by atoms with Crippen LogP contribution in [0, 0.1) is 13.8 Å². The van der Waals surface area contributed by atoms with Gasteiger partial charge in [0.15, 0.2) is 11.2 Å². The van der Waals surface area contributed by atoms with E-state index in [1.54, 1.807) is 0 Å². The number of aromatic nitrogens is 8. The Morgan fingerprint density at radius 1 is 0.623 bits per heavy atom. The minimum absolute atomic E-state index is 0.0830. The number of aromatic amines is 3. The Morgan fingerprint density at radius 2 is 1.01 bits per heavy atom. The minimum Gasteiger partial charge on any atom is -0.369 e. The standard InChI is InChI=1S/C32H45N9O24P4/c1-14-8-39(31(45)37-27(14)42)22-5-16(63-67(49,50)56-4)20(61-22)11-58-69(53,54)65-18-7-24(41-13-34-25-26(41)35-30(33)36-29(25)44)62-21(18)12-59-68(51,52)64-17-6-23(40-9-15(2)28(43)38-32(40)46)60-19(17)10-57-66(47,48)55-3/h8-9,13,16-24H,5-7,10-12H2,1-4H3,(H,47,48)(H,49,50)(H,51,52)(H,53,54)(H,37,42,45)(H,38,43,46)(H3,33,35,36,44)/t16-,17-,18-,19+,20+,21+,22+,23+,24+/m0/s1. The molecule has 3 fully saturated rings. The summed E-state index contributed by atoms with van der Waals surface area (Å²) in [6, 6.07) is 0. The number of nitrogens with one attached hydrogen (secondary N) is 3. The van der Waals surface area contributed by atoms with Crippen molar-refractivity contribution < 1.29 is 88.2 Å². The minimum atomic E-state index is -5.33. The summed E-state index contributed by atoms with van der Waals surface area (Å²) in [5.74, 6) is -0.319. The van der Waals surface area contributed by atoms with Gasteiger partial charge in [-0.05, 0) is 13.8 Å². The number of aryl methyl sites for hydroxylation is 2. The van der Waals surface area contributed by atoms with Crippen LogP contribution in [0.5, 0.6) is 0 Å². The Hall–Kier alpha value is -4.17. The van der Waals surface area contributed by atoms with Crippen LogP contribution in [-0.2, 0) is 68.7 Å². The summed E-state index contributed by atoms with van der Waals surface area (Å²) in [6.07, 6.45) is -10.7. The summed E-state index contributed by atoms with van der Waals surface area (Å²) in [5, 5.41) is 0. The second kappa shape index (κ2) is 20.5. The second-order valence-corrected chi connectivity index (χ2v) is 21.3. The quantitative estimate of drug-likeness (QED) is 0.0501. The Labute approximate surface area is 384 Å². The number of hydrogen-bond donors (Lipinski definition) is 8. The van der Waals surface area contributed by atoms with E-state index in [4.69, 9.17) is 47.1 Å². The first-order chi connectivity index (χ1) is 32.3. The zero-order valence-electron chi connectivity index (χ0n) is 36.2. The summed E-state index contributed by atoms with van der Waals surface area (Å²) in [7, 11) is -18.3. The number of ether oxygens (including phenoxy) is 3. The number of phosphoric ester groups is 4. The molecule has 0 aliphatic carbocycles. The molecule has 0 radical (unpaired) electrons. The maximum Gasteiger partial charge on any atom is 0.472 e. The predicted molar refractivity (Wildman–Crippen MR) is 226 cm³/mol. The molecule has 37 heteroatoms. The van der Waals surface area contributed by atoms with Crippen LogP contribution >= 0.6 is 31.3 Å². The van der Waals surface area contributed by atoms with E-state index in [1.165, 1.54) is 18.4 Å². The van der Waals surface area contributed by atoms with Crippen molar-refractivity contribution >= 4 is 48.4 Å². The molecule has 13 atom stereocenters. The third-order valence-electron chi connectivity index (χ3n) is 10.7.